The maximum atomic E-state index is 12.6. The average Bonchev–Trinajstić information content (AvgIpc) is 3.46. The second-order valence-electron chi connectivity index (χ2n) is 6.40. The summed E-state index contributed by atoms with van der Waals surface area (Å²) in [6.07, 6.45) is 0. The van der Waals surface area contributed by atoms with E-state index in [1.54, 1.807) is 29.5 Å². The summed E-state index contributed by atoms with van der Waals surface area (Å²) < 4.78 is 37.1. The van der Waals surface area contributed by atoms with Crippen LogP contribution in [0.15, 0.2) is 63.4 Å². The highest BCUT2D eigenvalue weighted by Crippen LogP contribution is 2.21. The number of nitrogens with one attached hydrogen (secondary N) is 1. The van der Waals surface area contributed by atoms with Crippen molar-refractivity contribution in [2.75, 3.05) is 31.6 Å². The average molecular weight is 443 g/mol. The van der Waals surface area contributed by atoms with Gasteiger partial charge in [-0.15, -0.1) is 11.3 Å². The van der Waals surface area contributed by atoms with Gasteiger partial charge in [-0.25, -0.2) is 8.42 Å². The number of morpholine rings is 1. The lowest BCUT2D eigenvalue weighted by Crippen LogP contribution is -2.40. The molecule has 0 bridgehead atoms. The lowest BCUT2D eigenvalue weighted by atomic mass is 10.2. The number of furan rings is 1. The summed E-state index contributed by atoms with van der Waals surface area (Å²) in [6, 6.07) is 13.6. The van der Waals surface area contributed by atoms with Crippen molar-refractivity contribution in [3.8, 4) is 11.8 Å². The molecule has 154 valence electrons. The van der Waals surface area contributed by atoms with Crippen LogP contribution in [0.25, 0.3) is 0 Å². The molecule has 1 aliphatic heterocycles. The van der Waals surface area contributed by atoms with Gasteiger partial charge in [-0.1, -0.05) is 24.0 Å². The molecule has 2 aromatic heterocycles. The summed E-state index contributed by atoms with van der Waals surface area (Å²) in [5.41, 5.74) is 1.28. The Morgan fingerprint density at radius 2 is 1.90 bits per heavy atom. The smallest absolute Gasteiger partial charge is 0.291 e. The van der Waals surface area contributed by atoms with Crippen LogP contribution in [0.3, 0.4) is 0 Å². The Hall–Kier alpha value is -2.90. The fourth-order valence-corrected chi connectivity index (χ4v) is 4.74. The summed E-state index contributed by atoms with van der Waals surface area (Å²) >= 11 is 1.55. The van der Waals surface area contributed by atoms with Crippen molar-refractivity contribution in [1.29, 1.82) is 0 Å². The summed E-state index contributed by atoms with van der Waals surface area (Å²) in [5, 5.41) is 4.41. The van der Waals surface area contributed by atoms with Gasteiger partial charge in [0.25, 0.3) is 15.9 Å². The molecule has 0 saturated carbocycles. The lowest BCUT2D eigenvalue weighted by molar-refractivity contribution is 0.0723. The van der Waals surface area contributed by atoms with Crippen LogP contribution in [-0.2, 0) is 14.8 Å². The zero-order valence-electron chi connectivity index (χ0n) is 15.8. The zero-order chi connectivity index (χ0) is 21.0. The largest absolute Gasteiger partial charge is 0.438 e. The lowest BCUT2D eigenvalue weighted by Gasteiger charge is -2.24. The Morgan fingerprint density at radius 1 is 1.07 bits per heavy atom. The molecule has 0 spiro atoms. The van der Waals surface area contributed by atoms with E-state index in [4.69, 9.17) is 9.15 Å². The van der Waals surface area contributed by atoms with E-state index in [1.807, 2.05) is 23.6 Å². The third-order valence-electron chi connectivity index (χ3n) is 4.34. The van der Waals surface area contributed by atoms with Gasteiger partial charge >= 0.3 is 0 Å². The number of carbonyl (C=O) groups is 1. The molecule has 0 radical (unpaired) electrons. The van der Waals surface area contributed by atoms with Crippen molar-refractivity contribution in [3.63, 3.8) is 0 Å². The number of rotatable bonds is 4. The van der Waals surface area contributed by atoms with Crippen LogP contribution in [0, 0.1) is 11.8 Å². The molecule has 3 aromatic rings. The molecule has 0 aliphatic carbocycles. The number of sulfonamides is 1. The first-order chi connectivity index (χ1) is 14.5. The van der Waals surface area contributed by atoms with Crippen molar-refractivity contribution in [3.05, 3.63) is 70.1 Å². The first-order valence-corrected chi connectivity index (χ1v) is 11.5. The number of carbonyl (C=O) groups excluding carboxylic acids is 1. The van der Waals surface area contributed by atoms with Gasteiger partial charge in [0.05, 0.1) is 18.1 Å². The Kier molecular flexibility index (Phi) is 6.01. The number of benzene rings is 1. The first kappa shape index (κ1) is 20.4. The third kappa shape index (κ3) is 4.63. The van der Waals surface area contributed by atoms with Gasteiger partial charge in [-0.2, -0.15) is 4.31 Å². The molecule has 1 fully saturated rings. The van der Waals surface area contributed by atoms with Crippen LogP contribution in [0.4, 0.5) is 5.69 Å². The topological polar surface area (TPSA) is 88.9 Å². The summed E-state index contributed by atoms with van der Waals surface area (Å²) in [6.45, 7) is 1.17. The maximum absolute atomic E-state index is 12.6. The van der Waals surface area contributed by atoms with Crippen molar-refractivity contribution >= 4 is 33.0 Å². The van der Waals surface area contributed by atoms with Crippen molar-refractivity contribution < 1.29 is 22.4 Å². The van der Waals surface area contributed by atoms with E-state index in [1.165, 1.54) is 16.4 Å². The minimum atomic E-state index is -3.79. The van der Waals surface area contributed by atoms with E-state index in [0.717, 1.165) is 10.4 Å². The summed E-state index contributed by atoms with van der Waals surface area (Å²) in [4.78, 5) is 13.5. The molecule has 1 saturated heterocycles. The number of nitrogens with zero attached hydrogens (tertiary/aromatic N) is 1. The number of thiophene rings is 1. The van der Waals surface area contributed by atoms with Crippen LogP contribution in [0.1, 0.15) is 21.0 Å². The summed E-state index contributed by atoms with van der Waals surface area (Å²) in [5.74, 6) is 5.49. The van der Waals surface area contributed by atoms with Gasteiger partial charge in [-0.3, -0.25) is 4.79 Å². The van der Waals surface area contributed by atoms with Crippen LogP contribution < -0.4 is 5.32 Å². The van der Waals surface area contributed by atoms with Gasteiger partial charge < -0.3 is 14.5 Å². The van der Waals surface area contributed by atoms with E-state index in [9.17, 15) is 13.2 Å². The first-order valence-electron chi connectivity index (χ1n) is 9.17. The fraction of sp³-hybridized carbons (Fsp3) is 0.190. The van der Waals surface area contributed by atoms with Gasteiger partial charge in [0.1, 0.15) is 0 Å². The van der Waals surface area contributed by atoms with Crippen LogP contribution in [-0.4, -0.2) is 44.9 Å². The van der Waals surface area contributed by atoms with Crippen LogP contribution in [0.5, 0.6) is 0 Å². The Balaban J connectivity index is 1.46. The minimum Gasteiger partial charge on any atom is -0.438 e. The zero-order valence-corrected chi connectivity index (χ0v) is 17.5. The van der Waals surface area contributed by atoms with E-state index < -0.39 is 15.9 Å². The van der Waals surface area contributed by atoms with Crippen molar-refractivity contribution in [2.45, 2.75) is 5.09 Å². The predicted molar refractivity (Wildman–Crippen MR) is 113 cm³/mol. The van der Waals surface area contributed by atoms with Crippen LogP contribution >= 0.6 is 11.3 Å². The molecule has 1 aromatic carbocycles. The maximum Gasteiger partial charge on any atom is 0.291 e. The molecule has 30 heavy (non-hydrogen) atoms. The highest BCUT2D eigenvalue weighted by atomic mass is 32.2. The van der Waals surface area contributed by atoms with Crippen molar-refractivity contribution in [1.82, 2.24) is 4.31 Å². The SMILES string of the molecule is O=C(Nc1cccc(C#Cc2cccs2)c1)c1ccc(S(=O)(=O)N2CCOCC2)o1. The predicted octanol–water partition coefficient (Wildman–Crippen LogP) is 3.01. The van der Waals surface area contributed by atoms with Gasteiger partial charge in [0.2, 0.25) is 5.09 Å². The Morgan fingerprint density at radius 3 is 2.67 bits per heavy atom. The monoisotopic (exact) mass is 442 g/mol. The highest BCUT2D eigenvalue weighted by Gasteiger charge is 2.30. The van der Waals surface area contributed by atoms with Crippen LogP contribution in [0.2, 0.25) is 0 Å². The normalized spacial score (nSPS) is 14.7. The second-order valence-corrected chi connectivity index (χ2v) is 9.21. The summed E-state index contributed by atoms with van der Waals surface area (Å²) in [7, 11) is -3.79. The van der Waals surface area contributed by atoms with Gasteiger partial charge in [0.15, 0.2) is 5.76 Å². The Bertz CT molecular complexity index is 1200. The van der Waals surface area contributed by atoms with E-state index in [0.29, 0.717) is 18.9 Å². The van der Waals surface area contributed by atoms with Gasteiger partial charge in [-0.05, 0) is 41.8 Å². The van der Waals surface area contributed by atoms with E-state index in [2.05, 4.69) is 17.2 Å². The number of ether oxygens (including phenoxy) is 1. The fourth-order valence-electron chi connectivity index (χ4n) is 2.85. The number of amides is 1. The number of hydrogen-bond acceptors (Lipinski definition) is 6. The molecular formula is C21H18N2O5S2. The molecule has 0 atom stereocenters. The molecule has 1 N–H and O–H groups in total. The highest BCUT2D eigenvalue weighted by molar-refractivity contribution is 7.89. The quantitative estimate of drug-likeness (QED) is 0.628. The third-order valence-corrected chi connectivity index (χ3v) is 6.90. The molecule has 4 rings (SSSR count). The molecule has 0 unspecified atom stereocenters. The second kappa shape index (κ2) is 8.85. The van der Waals surface area contributed by atoms with Crippen molar-refractivity contribution in [2.24, 2.45) is 0 Å². The molecule has 3 heterocycles. The van der Waals surface area contributed by atoms with E-state index >= 15 is 0 Å². The molecule has 9 heteroatoms. The molecule has 1 amide bonds. The molecule has 1 aliphatic rings. The number of hydrogen-bond donors (Lipinski definition) is 1. The molecule has 7 nitrogen and oxygen atoms in total. The van der Waals surface area contributed by atoms with E-state index in [-0.39, 0.29) is 23.9 Å². The Labute approximate surface area is 178 Å². The standard InChI is InChI=1S/C21H18N2O5S2/c24-21(19-8-9-20(28-19)30(25,26)23-10-12-27-13-11-23)22-17-4-1-3-16(15-17)6-7-18-5-2-14-29-18/h1-5,8-9,14-15H,10-13H2,(H,22,24). The number of anilines is 1. The minimum absolute atomic E-state index is 0.0862. The van der Waals surface area contributed by atoms with Gasteiger partial charge in [0, 0.05) is 24.3 Å². The molecular weight excluding hydrogens is 424 g/mol.